The van der Waals surface area contributed by atoms with E-state index in [-0.39, 0.29) is 17.9 Å². The predicted molar refractivity (Wildman–Crippen MR) is 138 cm³/mol. The third-order valence-corrected chi connectivity index (χ3v) is 7.08. The van der Waals surface area contributed by atoms with Gasteiger partial charge in [0, 0.05) is 35.4 Å². The van der Waals surface area contributed by atoms with Crippen LogP contribution >= 0.6 is 11.3 Å². The molecule has 1 aromatic carbocycles. The molecule has 2 N–H and O–H groups in total. The Kier molecular flexibility index (Phi) is 6.87. The number of aryl methyl sites for hydroxylation is 1. The monoisotopic (exact) mass is 488 g/mol. The molecule has 0 aliphatic carbocycles. The summed E-state index contributed by atoms with van der Waals surface area (Å²) in [4.78, 5) is 33.5. The Balaban J connectivity index is 1.18. The molecule has 1 fully saturated rings. The van der Waals surface area contributed by atoms with Gasteiger partial charge >= 0.3 is 0 Å². The number of likely N-dealkylation sites (tertiary alicyclic amines) is 1. The smallest absolute Gasteiger partial charge is 0.252 e. The second-order valence-electron chi connectivity index (χ2n) is 8.87. The van der Waals surface area contributed by atoms with Crippen LogP contribution in [0.5, 0.6) is 0 Å². The van der Waals surface area contributed by atoms with Crippen LogP contribution < -0.4 is 10.6 Å². The van der Waals surface area contributed by atoms with Gasteiger partial charge in [-0.25, -0.2) is 9.67 Å². The lowest BCUT2D eigenvalue weighted by Gasteiger charge is -2.31. The van der Waals surface area contributed by atoms with Gasteiger partial charge in [0.1, 0.15) is 0 Å². The molecular formula is C26H28N6O2S. The summed E-state index contributed by atoms with van der Waals surface area (Å²) in [5, 5.41) is 13.4. The molecule has 0 spiro atoms. The van der Waals surface area contributed by atoms with Crippen molar-refractivity contribution in [3.8, 4) is 0 Å². The molecule has 1 aliphatic heterocycles. The fraction of sp³-hybridized carbons (Fsp3) is 0.308. The Morgan fingerprint density at radius 2 is 1.91 bits per heavy atom. The maximum atomic E-state index is 13.2. The van der Waals surface area contributed by atoms with Crippen molar-refractivity contribution in [3.05, 3.63) is 76.2 Å². The molecule has 0 atom stereocenters. The molecule has 0 bridgehead atoms. The number of fused-ring (bicyclic) bond motifs is 1. The van der Waals surface area contributed by atoms with Gasteiger partial charge in [-0.3, -0.25) is 14.5 Å². The molecule has 1 saturated heterocycles. The number of nitrogens with zero attached hydrogens (tertiary/aromatic N) is 4. The number of aromatic nitrogens is 3. The Bertz CT molecular complexity index is 1310. The predicted octanol–water partition coefficient (Wildman–Crippen LogP) is 3.68. The van der Waals surface area contributed by atoms with Crippen molar-refractivity contribution in [1.29, 1.82) is 0 Å². The highest BCUT2D eigenvalue weighted by Gasteiger charge is 2.24. The average Bonchev–Trinajstić information content (AvgIpc) is 3.51. The number of piperidine rings is 1. The number of carbonyl (C=O) groups is 2. The van der Waals surface area contributed by atoms with Gasteiger partial charge < -0.3 is 10.6 Å². The van der Waals surface area contributed by atoms with E-state index in [4.69, 9.17) is 0 Å². The van der Waals surface area contributed by atoms with E-state index in [1.54, 1.807) is 17.5 Å². The highest BCUT2D eigenvalue weighted by molar-refractivity contribution is 7.09. The van der Waals surface area contributed by atoms with Crippen molar-refractivity contribution in [1.82, 2.24) is 25.0 Å². The number of thiophene rings is 1. The van der Waals surface area contributed by atoms with E-state index in [2.05, 4.69) is 31.7 Å². The molecule has 0 saturated carbocycles. The fourth-order valence-corrected chi connectivity index (χ4v) is 5.14. The maximum Gasteiger partial charge on any atom is 0.252 e. The van der Waals surface area contributed by atoms with Gasteiger partial charge in [0.25, 0.3) is 5.91 Å². The molecule has 35 heavy (non-hydrogen) atoms. The molecule has 8 nitrogen and oxygen atoms in total. The van der Waals surface area contributed by atoms with Crippen LogP contribution in [-0.4, -0.2) is 57.2 Å². The van der Waals surface area contributed by atoms with Crippen molar-refractivity contribution in [2.75, 3.05) is 25.0 Å². The summed E-state index contributed by atoms with van der Waals surface area (Å²) in [6, 6.07) is 15.5. The lowest BCUT2D eigenvalue weighted by Crippen LogP contribution is -2.46. The molecule has 4 aromatic rings. The summed E-state index contributed by atoms with van der Waals surface area (Å²) >= 11 is 1.67. The van der Waals surface area contributed by atoms with Gasteiger partial charge in [-0.05, 0) is 49.4 Å². The Labute approximate surface area is 208 Å². The third-order valence-electron chi connectivity index (χ3n) is 6.22. The number of para-hydroxylation sites is 1. The molecule has 5 rings (SSSR count). The first kappa shape index (κ1) is 23.2. The molecule has 2 amide bonds. The number of hydrogen-bond donors (Lipinski definition) is 2. The van der Waals surface area contributed by atoms with Crippen molar-refractivity contribution >= 4 is 39.9 Å². The van der Waals surface area contributed by atoms with E-state index in [0.717, 1.165) is 48.3 Å². The minimum atomic E-state index is -0.101. The number of hydrogen-bond acceptors (Lipinski definition) is 6. The lowest BCUT2D eigenvalue weighted by atomic mass is 10.0. The third kappa shape index (κ3) is 5.58. The summed E-state index contributed by atoms with van der Waals surface area (Å²) < 4.78 is 1.85. The first-order valence-electron chi connectivity index (χ1n) is 11.8. The average molecular weight is 489 g/mol. The van der Waals surface area contributed by atoms with Crippen molar-refractivity contribution in [2.24, 2.45) is 0 Å². The van der Waals surface area contributed by atoms with E-state index in [0.29, 0.717) is 18.7 Å². The quantitative estimate of drug-likeness (QED) is 0.414. The second-order valence-corrected chi connectivity index (χ2v) is 9.90. The normalized spacial score (nSPS) is 14.8. The topological polar surface area (TPSA) is 92.2 Å². The van der Waals surface area contributed by atoms with E-state index in [1.807, 2.05) is 59.5 Å². The summed E-state index contributed by atoms with van der Waals surface area (Å²) in [5.74, 6) is -0.121. The number of amides is 2. The van der Waals surface area contributed by atoms with Crippen molar-refractivity contribution in [2.45, 2.75) is 32.4 Å². The highest BCUT2D eigenvalue weighted by atomic mass is 32.1. The molecule has 0 unspecified atom stereocenters. The summed E-state index contributed by atoms with van der Waals surface area (Å²) in [7, 11) is 0. The van der Waals surface area contributed by atoms with Crippen LogP contribution in [0, 0.1) is 6.92 Å². The van der Waals surface area contributed by atoms with Crippen LogP contribution in [0.15, 0.2) is 60.1 Å². The van der Waals surface area contributed by atoms with E-state index in [9.17, 15) is 9.59 Å². The number of anilines is 1. The van der Waals surface area contributed by atoms with Crippen molar-refractivity contribution in [3.63, 3.8) is 0 Å². The zero-order chi connectivity index (χ0) is 24.2. The zero-order valence-electron chi connectivity index (χ0n) is 19.6. The molecule has 9 heteroatoms. The van der Waals surface area contributed by atoms with E-state index >= 15 is 0 Å². The molecule has 4 heterocycles. The second kappa shape index (κ2) is 10.4. The number of rotatable bonds is 7. The van der Waals surface area contributed by atoms with E-state index < -0.39 is 0 Å². The van der Waals surface area contributed by atoms with Crippen LogP contribution in [0.2, 0.25) is 0 Å². The first-order chi connectivity index (χ1) is 17.0. The number of benzene rings is 1. The zero-order valence-corrected chi connectivity index (χ0v) is 20.4. The van der Waals surface area contributed by atoms with Crippen LogP contribution in [0.4, 0.5) is 5.69 Å². The van der Waals surface area contributed by atoms with Crippen LogP contribution in [-0.2, 0) is 11.3 Å². The summed E-state index contributed by atoms with van der Waals surface area (Å²) in [6.45, 7) is 4.41. The number of pyridine rings is 1. The Morgan fingerprint density at radius 1 is 1.11 bits per heavy atom. The van der Waals surface area contributed by atoms with Crippen LogP contribution in [0.1, 0.15) is 33.8 Å². The number of carbonyl (C=O) groups excluding carboxylic acids is 2. The van der Waals surface area contributed by atoms with Crippen molar-refractivity contribution < 1.29 is 9.59 Å². The van der Waals surface area contributed by atoms with Gasteiger partial charge in [0.05, 0.1) is 30.2 Å². The standard InChI is InChI=1S/C26H28N6O2S/c1-18-14-22(23-15-27-32(25(23)28-18)16-21-8-5-13-35-21)26(34)30-20-9-11-31(12-10-20)17-24(33)29-19-6-3-2-4-7-19/h2-8,13-15,20H,9-12,16-17H2,1H3,(H,29,33)(H,30,34). The SMILES string of the molecule is Cc1cc(C(=O)NC2CCN(CC(=O)Nc3ccccc3)CC2)c2cnn(Cc3cccs3)c2n1. The molecule has 1 aliphatic rings. The molecule has 3 aromatic heterocycles. The summed E-state index contributed by atoms with van der Waals surface area (Å²) in [5.41, 5.74) is 2.92. The largest absolute Gasteiger partial charge is 0.349 e. The Hall–Kier alpha value is -3.56. The van der Waals surface area contributed by atoms with E-state index in [1.165, 1.54) is 4.88 Å². The molecule has 180 valence electrons. The van der Waals surface area contributed by atoms with Gasteiger partial charge in [0.2, 0.25) is 5.91 Å². The van der Waals surface area contributed by atoms with Gasteiger partial charge in [-0.1, -0.05) is 24.3 Å². The maximum absolute atomic E-state index is 13.2. The van der Waals surface area contributed by atoms with Gasteiger partial charge in [-0.2, -0.15) is 5.10 Å². The first-order valence-corrected chi connectivity index (χ1v) is 12.7. The van der Waals surface area contributed by atoms with Crippen LogP contribution in [0.3, 0.4) is 0 Å². The van der Waals surface area contributed by atoms with Crippen LogP contribution in [0.25, 0.3) is 11.0 Å². The number of nitrogens with one attached hydrogen (secondary N) is 2. The summed E-state index contributed by atoms with van der Waals surface area (Å²) in [6.07, 6.45) is 3.34. The van der Waals surface area contributed by atoms with Gasteiger partial charge in [-0.15, -0.1) is 11.3 Å². The molecule has 0 radical (unpaired) electrons. The molecular weight excluding hydrogens is 460 g/mol. The lowest BCUT2D eigenvalue weighted by molar-refractivity contribution is -0.117. The van der Waals surface area contributed by atoms with Gasteiger partial charge in [0.15, 0.2) is 5.65 Å². The Morgan fingerprint density at radius 3 is 2.66 bits per heavy atom. The highest BCUT2D eigenvalue weighted by Crippen LogP contribution is 2.21. The minimum absolute atomic E-state index is 0.0205. The minimum Gasteiger partial charge on any atom is -0.349 e. The fourth-order valence-electron chi connectivity index (χ4n) is 4.45.